The lowest BCUT2D eigenvalue weighted by molar-refractivity contribution is -0.0719. The molecule has 0 radical (unpaired) electrons. The second kappa shape index (κ2) is 3.87. The standard InChI is InChI=1S/C10H13NO2/c12-10-11-9(7-13-10)6-8-4-2-1-3-5-8/h1-5,9-12H,6-7H2/t9-,10+/m1/s1. The van der Waals surface area contributed by atoms with Gasteiger partial charge in [-0.1, -0.05) is 30.3 Å². The van der Waals surface area contributed by atoms with E-state index in [-0.39, 0.29) is 6.04 Å². The second-order valence-corrected chi connectivity index (χ2v) is 3.24. The molecule has 0 amide bonds. The Kier molecular flexibility index (Phi) is 2.59. The van der Waals surface area contributed by atoms with E-state index in [1.54, 1.807) is 0 Å². The van der Waals surface area contributed by atoms with E-state index < -0.39 is 6.41 Å². The van der Waals surface area contributed by atoms with Crippen molar-refractivity contribution in [2.24, 2.45) is 0 Å². The van der Waals surface area contributed by atoms with Crippen LogP contribution in [0.1, 0.15) is 5.56 Å². The third kappa shape index (κ3) is 2.28. The highest BCUT2D eigenvalue weighted by Gasteiger charge is 2.21. The Balaban J connectivity index is 1.92. The van der Waals surface area contributed by atoms with Crippen LogP contribution in [-0.4, -0.2) is 24.2 Å². The number of aliphatic hydroxyl groups excluding tert-OH is 1. The summed E-state index contributed by atoms with van der Waals surface area (Å²) in [5.74, 6) is 0. The van der Waals surface area contributed by atoms with E-state index >= 15 is 0 Å². The zero-order valence-corrected chi connectivity index (χ0v) is 7.31. The second-order valence-electron chi connectivity index (χ2n) is 3.24. The Morgan fingerprint density at radius 1 is 1.38 bits per heavy atom. The molecular formula is C10H13NO2. The Hall–Kier alpha value is -0.900. The van der Waals surface area contributed by atoms with Gasteiger partial charge in [-0.25, -0.2) is 0 Å². The molecule has 1 aromatic carbocycles. The van der Waals surface area contributed by atoms with Gasteiger partial charge in [0.25, 0.3) is 0 Å². The van der Waals surface area contributed by atoms with Crippen molar-refractivity contribution >= 4 is 0 Å². The average Bonchev–Trinajstić information content (AvgIpc) is 2.53. The van der Waals surface area contributed by atoms with Gasteiger partial charge in [-0.3, -0.25) is 5.32 Å². The first-order chi connectivity index (χ1) is 6.34. The summed E-state index contributed by atoms with van der Waals surface area (Å²) in [5, 5.41) is 12.0. The van der Waals surface area contributed by atoms with E-state index in [0.29, 0.717) is 6.61 Å². The van der Waals surface area contributed by atoms with E-state index in [0.717, 1.165) is 6.42 Å². The topological polar surface area (TPSA) is 41.5 Å². The number of benzene rings is 1. The normalized spacial score (nSPS) is 27.8. The largest absolute Gasteiger partial charge is 0.356 e. The van der Waals surface area contributed by atoms with Crippen molar-refractivity contribution in [3.8, 4) is 0 Å². The van der Waals surface area contributed by atoms with Crippen molar-refractivity contribution < 1.29 is 9.84 Å². The number of aliphatic hydroxyl groups is 1. The summed E-state index contributed by atoms with van der Waals surface area (Å²) in [4.78, 5) is 0. The van der Waals surface area contributed by atoms with Crippen LogP contribution >= 0.6 is 0 Å². The zero-order valence-electron chi connectivity index (χ0n) is 7.31. The van der Waals surface area contributed by atoms with Crippen molar-refractivity contribution in [3.63, 3.8) is 0 Å². The van der Waals surface area contributed by atoms with E-state index in [9.17, 15) is 0 Å². The molecular weight excluding hydrogens is 166 g/mol. The fraction of sp³-hybridized carbons (Fsp3) is 0.400. The van der Waals surface area contributed by atoms with Crippen LogP contribution in [-0.2, 0) is 11.2 Å². The van der Waals surface area contributed by atoms with Crippen molar-refractivity contribution in [2.45, 2.75) is 18.9 Å². The molecule has 1 aliphatic rings. The minimum Gasteiger partial charge on any atom is -0.356 e. The molecule has 1 fully saturated rings. The molecule has 0 saturated carbocycles. The SMILES string of the molecule is O[C@@H]1N[C@H](Cc2ccccc2)CO1. The van der Waals surface area contributed by atoms with Crippen molar-refractivity contribution in [1.29, 1.82) is 0 Å². The summed E-state index contributed by atoms with van der Waals surface area (Å²) in [6, 6.07) is 10.4. The predicted octanol–water partition coefficient (Wildman–Crippen LogP) is 0.493. The molecule has 3 heteroatoms. The quantitative estimate of drug-likeness (QED) is 0.694. The molecule has 70 valence electrons. The van der Waals surface area contributed by atoms with Crippen LogP contribution in [0.3, 0.4) is 0 Å². The van der Waals surface area contributed by atoms with E-state index in [2.05, 4.69) is 17.4 Å². The number of hydrogen-bond acceptors (Lipinski definition) is 3. The smallest absolute Gasteiger partial charge is 0.213 e. The van der Waals surface area contributed by atoms with Gasteiger partial charge in [-0.2, -0.15) is 0 Å². The summed E-state index contributed by atoms with van der Waals surface area (Å²) >= 11 is 0. The van der Waals surface area contributed by atoms with Crippen LogP contribution in [0.15, 0.2) is 30.3 Å². The summed E-state index contributed by atoms with van der Waals surface area (Å²) in [7, 11) is 0. The predicted molar refractivity (Wildman–Crippen MR) is 49.0 cm³/mol. The molecule has 0 aromatic heterocycles. The molecule has 0 bridgehead atoms. The monoisotopic (exact) mass is 179 g/mol. The molecule has 1 saturated heterocycles. The summed E-state index contributed by atoms with van der Waals surface area (Å²) in [5.41, 5.74) is 1.26. The molecule has 2 atom stereocenters. The molecule has 3 nitrogen and oxygen atoms in total. The van der Waals surface area contributed by atoms with Gasteiger partial charge < -0.3 is 9.84 Å². The average molecular weight is 179 g/mol. The van der Waals surface area contributed by atoms with Gasteiger partial charge in [0.05, 0.1) is 6.61 Å². The Morgan fingerprint density at radius 3 is 2.77 bits per heavy atom. The minimum absolute atomic E-state index is 0.234. The summed E-state index contributed by atoms with van der Waals surface area (Å²) in [6.45, 7) is 0.579. The molecule has 0 aliphatic carbocycles. The summed E-state index contributed by atoms with van der Waals surface area (Å²) in [6.07, 6.45) is 0.117. The van der Waals surface area contributed by atoms with Crippen LogP contribution < -0.4 is 5.32 Å². The third-order valence-electron chi connectivity index (χ3n) is 2.16. The molecule has 2 rings (SSSR count). The molecule has 2 N–H and O–H groups in total. The molecule has 0 spiro atoms. The number of nitrogens with one attached hydrogen (secondary N) is 1. The first kappa shape index (κ1) is 8.69. The fourth-order valence-electron chi connectivity index (χ4n) is 1.52. The van der Waals surface area contributed by atoms with Gasteiger partial charge >= 0.3 is 0 Å². The van der Waals surface area contributed by atoms with Crippen molar-refractivity contribution in [1.82, 2.24) is 5.32 Å². The Morgan fingerprint density at radius 2 is 2.15 bits per heavy atom. The number of rotatable bonds is 2. The van der Waals surface area contributed by atoms with Gasteiger partial charge in [0.15, 0.2) is 0 Å². The Labute approximate surface area is 77.3 Å². The molecule has 1 aromatic rings. The lowest BCUT2D eigenvalue weighted by Gasteiger charge is -2.07. The zero-order chi connectivity index (χ0) is 9.10. The summed E-state index contributed by atoms with van der Waals surface area (Å²) < 4.78 is 4.98. The van der Waals surface area contributed by atoms with Crippen LogP contribution in [0.5, 0.6) is 0 Å². The van der Waals surface area contributed by atoms with Gasteiger partial charge in [0.2, 0.25) is 6.41 Å². The van der Waals surface area contributed by atoms with E-state index in [4.69, 9.17) is 9.84 Å². The molecule has 0 unspecified atom stereocenters. The number of ether oxygens (including phenoxy) is 1. The molecule has 1 aliphatic heterocycles. The maximum Gasteiger partial charge on any atom is 0.213 e. The fourth-order valence-corrected chi connectivity index (χ4v) is 1.52. The highest BCUT2D eigenvalue weighted by atomic mass is 16.6. The maximum absolute atomic E-state index is 9.04. The Bertz CT molecular complexity index is 263. The molecule has 1 heterocycles. The molecule has 13 heavy (non-hydrogen) atoms. The van der Waals surface area contributed by atoms with Crippen LogP contribution in [0.4, 0.5) is 0 Å². The van der Waals surface area contributed by atoms with E-state index in [1.165, 1.54) is 5.56 Å². The van der Waals surface area contributed by atoms with Crippen LogP contribution in [0.2, 0.25) is 0 Å². The highest BCUT2D eigenvalue weighted by Crippen LogP contribution is 2.08. The van der Waals surface area contributed by atoms with Crippen LogP contribution in [0, 0.1) is 0 Å². The van der Waals surface area contributed by atoms with Crippen molar-refractivity contribution in [3.05, 3.63) is 35.9 Å². The first-order valence-corrected chi connectivity index (χ1v) is 4.44. The third-order valence-corrected chi connectivity index (χ3v) is 2.16. The highest BCUT2D eigenvalue weighted by molar-refractivity contribution is 5.16. The van der Waals surface area contributed by atoms with E-state index in [1.807, 2.05) is 18.2 Å². The minimum atomic E-state index is -0.784. The first-order valence-electron chi connectivity index (χ1n) is 4.44. The van der Waals surface area contributed by atoms with Gasteiger partial charge in [0.1, 0.15) is 0 Å². The lowest BCUT2D eigenvalue weighted by Crippen LogP contribution is -2.31. The van der Waals surface area contributed by atoms with Crippen LogP contribution in [0.25, 0.3) is 0 Å². The number of hydrogen-bond donors (Lipinski definition) is 2. The lowest BCUT2D eigenvalue weighted by atomic mass is 10.1. The maximum atomic E-state index is 9.04. The van der Waals surface area contributed by atoms with Gasteiger partial charge in [-0.15, -0.1) is 0 Å². The van der Waals surface area contributed by atoms with Crippen molar-refractivity contribution in [2.75, 3.05) is 6.61 Å². The van der Waals surface area contributed by atoms with Gasteiger partial charge in [0, 0.05) is 6.04 Å². The van der Waals surface area contributed by atoms with Gasteiger partial charge in [-0.05, 0) is 12.0 Å².